The molecule has 0 saturated heterocycles. The van der Waals surface area contributed by atoms with Crippen molar-refractivity contribution in [2.24, 2.45) is 0 Å². The van der Waals surface area contributed by atoms with Gasteiger partial charge in [0.1, 0.15) is 0 Å². The summed E-state index contributed by atoms with van der Waals surface area (Å²) in [5.41, 5.74) is 7.65. The zero-order valence-corrected chi connectivity index (χ0v) is 9.25. The second-order valence-electron chi connectivity index (χ2n) is 3.56. The SMILES string of the molecule is CCCCOC(=O)c1cc(N)ccc1C. The van der Waals surface area contributed by atoms with E-state index in [4.69, 9.17) is 10.5 Å². The number of nitrogens with two attached hydrogens (primary N) is 1. The standard InChI is InChI=1S/C12H17NO2/c1-3-4-7-15-12(14)11-8-10(13)6-5-9(11)2/h5-6,8H,3-4,7,13H2,1-2H3. The van der Waals surface area contributed by atoms with Gasteiger partial charge in [-0.05, 0) is 31.0 Å². The molecule has 0 aromatic heterocycles. The van der Waals surface area contributed by atoms with Crippen LogP contribution in [0.4, 0.5) is 5.69 Å². The summed E-state index contributed by atoms with van der Waals surface area (Å²) in [4.78, 5) is 11.6. The number of rotatable bonds is 4. The number of benzene rings is 1. The summed E-state index contributed by atoms with van der Waals surface area (Å²) < 4.78 is 5.11. The number of ether oxygens (including phenoxy) is 1. The summed E-state index contributed by atoms with van der Waals surface area (Å²) in [5, 5.41) is 0. The van der Waals surface area contributed by atoms with Crippen LogP contribution in [-0.2, 0) is 4.74 Å². The van der Waals surface area contributed by atoms with E-state index in [1.807, 2.05) is 13.0 Å². The van der Waals surface area contributed by atoms with Crippen LogP contribution < -0.4 is 5.73 Å². The fourth-order valence-corrected chi connectivity index (χ4v) is 1.25. The number of carbonyl (C=O) groups is 1. The first-order valence-electron chi connectivity index (χ1n) is 5.18. The highest BCUT2D eigenvalue weighted by Gasteiger charge is 2.10. The lowest BCUT2D eigenvalue weighted by atomic mass is 10.1. The molecule has 82 valence electrons. The molecule has 1 aromatic rings. The fourth-order valence-electron chi connectivity index (χ4n) is 1.25. The van der Waals surface area contributed by atoms with Gasteiger partial charge < -0.3 is 10.5 Å². The summed E-state index contributed by atoms with van der Waals surface area (Å²) in [6.07, 6.45) is 1.91. The van der Waals surface area contributed by atoms with Gasteiger partial charge in [0.15, 0.2) is 0 Å². The van der Waals surface area contributed by atoms with Crippen molar-refractivity contribution < 1.29 is 9.53 Å². The van der Waals surface area contributed by atoms with Crippen molar-refractivity contribution in [1.82, 2.24) is 0 Å². The third-order valence-electron chi connectivity index (χ3n) is 2.21. The van der Waals surface area contributed by atoms with Gasteiger partial charge in [-0.15, -0.1) is 0 Å². The minimum absolute atomic E-state index is 0.284. The summed E-state index contributed by atoms with van der Waals surface area (Å²) in [6.45, 7) is 4.40. The molecule has 0 bridgehead atoms. The van der Waals surface area contributed by atoms with Gasteiger partial charge >= 0.3 is 5.97 Å². The number of aryl methyl sites for hydroxylation is 1. The minimum atomic E-state index is -0.284. The zero-order chi connectivity index (χ0) is 11.3. The highest BCUT2D eigenvalue weighted by molar-refractivity contribution is 5.92. The van der Waals surface area contributed by atoms with Crippen LogP contribution in [0.25, 0.3) is 0 Å². The Bertz CT molecular complexity index is 347. The molecule has 0 heterocycles. The molecule has 0 atom stereocenters. The quantitative estimate of drug-likeness (QED) is 0.469. The number of hydrogen-bond donors (Lipinski definition) is 1. The first-order chi connectivity index (χ1) is 7.15. The molecule has 0 amide bonds. The fraction of sp³-hybridized carbons (Fsp3) is 0.417. The van der Waals surface area contributed by atoms with E-state index >= 15 is 0 Å². The van der Waals surface area contributed by atoms with E-state index in [1.165, 1.54) is 0 Å². The Kier molecular flexibility index (Phi) is 4.16. The van der Waals surface area contributed by atoms with Gasteiger partial charge in [-0.25, -0.2) is 4.79 Å². The number of carbonyl (C=O) groups excluding carboxylic acids is 1. The van der Waals surface area contributed by atoms with Gasteiger partial charge in [0.25, 0.3) is 0 Å². The molecule has 1 rings (SSSR count). The normalized spacial score (nSPS) is 10.0. The lowest BCUT2D eigenvalue weighted by Gasteiger charge is -2.07. The van der Waals surface area contributed by atoms with Crippen molar-refractivity contribution in [2.45, 2.75) is 26.7 Å². The highest BCUT2D eigenvalue weighted by Crippen LogP contribution is 2.13. The molecule has 3 nitrogen and oxygen atoms in total. The van der Waals surface area contributed by atoms with Crippen molar-refractivity contribution >= 4 is 11.7 Å². The number of unbranched alkanes of at least 4 members (excludes halogenated alkanes) is 1. The molecule has 0 fully saturated rings. The van der Waals surface area contributed by atoms with Crippen LogP contribution in [0.2, 0.25) is 0 Å². The Balaban J connectivity index is 2.68. The molecule has 3 heteroatoms. The van der Waals surface area contributed by atoms with E-state index in [-0.39, 0.29) is 5.97 Å². The molecule has 0 aliphatic carbocycles. The first-order valence-corrected chi connectivity index (χ1v) is 5.18. The van der Waals surface area contributed by atoms with Crippen molar-refractivity contribution in [1.29, 1.82) is 0 Å². The number of nitrogen functional groups attached to an aromatic ring is 1. The average Bonchev–Trinajstić information content (AvgIpc) is 2.22. The lowest BCUT2D eigenvalue weighted by Crippen LogP contribution is -2.08. The smallest absolute Gasteiger partial charge is 0.338 e. The second kappa shape index (κ2) is 5.39. The van der Waals surface area contributed by atoms with Crippen LogP contribution in [0.5, 0.6) is 0 Å². The van der Waals surface area contributed by atoms with Crippen LogP contribution in [0.3, 0.4) is 0 Å². The predicted molar refractivity (Wildman–Crippen MR) is 60.8 cm³/mol. The van der Waals surface area contributed by atoms with Gasteiger partial charge in [-0.2, -0.15) is 0 Å². The monoisotopic (exact) mass is 207 g/mol. The molecule has 0 saturated carbocycles. The lowest BCUT2D eigenvalue weighted by molar-refractivity contribution is 0.0499. The van der Waals surface area contributed by atoms with Gasteiger partial charge in [-0.3, -0.25) is 0 Å². The van der Waals surface area contributed by atoms with E-state index < -0.39 is 0 Å². The Hall–Kier alpha value is -1.51. The van der Waals surface area contributed by atoms with Gasteiger partial charge in [0.05, 0.1) is 12.2 Å². The molecule has 0 unspecified atom stereocenters. The molecule has 0 aliphatic heterocycles. The van der Waals surface area contributed by atoms with Crippen LogP contribution in [0, 0.1) is 6.92 Å². The largest absolute Gasteiger partial charge is 0.462 e. The molecule has 0 radical (unpaired) electrons. The van der Waals surface area contributed by atoms with Gasteiger partial charge in [0.2, 0.25) is 0 Å². The van der Waals surface area contributed by atoms with Crippen LogP contribution in [0.15, 0.2) is 18.2 Å². The second-order valence-corrected chi connectivity index (χ2v) is 3.56. The summed E-state index contributed by atoms with van der Waals surface area (Å²) in [6, 6.07) is 5.26. The summed E-state index contributed by atoms with van der Waals surface area (Å²) in [5.74, 6) is -0.284. The minimum Gasteiger partial charge on any atom is -0.462 e. The third kappa shape index (κ3) is 3.27. The number of anilines is 1. The molecular weight excluding hydrogens is 190 g/mol. The van der Waals surface area contributed by atoms with Crippen LogP contribution in [-0.4, -0.2) is 12.6 Å². The van der Waals surface area contributed by atoms with Crippen LogP contribution in [0.1, 0.15) is 35.7 Å². The predicted octanol–water partition coefficient (Wildman–Crippen LogP) is 2.53. The van der Waals surface area contributed by atoms with E-state index in [9.17, 15) is 4.79 Å². The van der Waals surface area contributed by atoms with E-state index in [1.54, 1.807) is 12.1 Å². The van der Waals surface area contributed by atoms with Gasteiger partial charge in [0, 0.05) is 5.69 Å². The third-order valence-corrected chi connectivity index (χ3v) is 2.21. The summed E-state index contributed by atoms with van der Waals surface area (Å²) >= 11 is 0. The van der Waals surface area contributed by atoms with Gasteiger partial charge in [-0.1, -0.05) is 19.4 Å². The Morgan fingerprint density at radius 1 is 1.47 bits per heavy atom. The molecular formula is C12H17NO2. The van der Waals surface area contributed by atoms with Crippen molar-refractivity contribution in [3.05, 3.63) is 29.3 Å². The Morgan fingerprint density at radius 2 is 2.20 bits per heavy atom. The van der Waals surface area contributed by atoms with E-state index in [0.29, 0.717) is 17.9 Å². The first kappa shape index (κ1) is 11.6. The molecule has 15 heavy (non-hydrogen) atoms. The molecule has 1 aromatic carbocycles. The Labute approximate surface area is 90.2 Å². The van der Waals surface area contributed by atoms with Crippen molar-refractivity contribution in [3.63, 3.8) is 0 Å². The number of hydrogen-bond acceptors (Lipinski definition) is 3. The molecule has 2 N–H and O–H groups in total. The van der Waals surface area contributed by atoms with E-state index in [0.717, 1.165) is 18.4 Å². The Morgan fingerprint density at radius 3 is 2.87 bits per heavy atom. The maximum atomic E-state index is 11.6. The zero-order valence-electron chi connectivity index (χ0n) is 9.25. The summed E-state index contributed by atoms with van der Waals surface area (Å²) in [7, 11) is 0. The van der Waals surface area contributed by atoms with E-state index in [2.05, 4.69) is 6.92 Å². The topological polar surface area (TPSA) is 52.3 Å². The molecule has 0 spiro atoms. The van der Waals surface area contributed by atoms with Crippen molar-refractivity contribution in [3.8, 4) is 0 Å². The average molecular weight is 207 g/mol. The van der Waals surface area contributed by atoms with Crippen LogP contribution >= 0.6 is 0 Å². The number of esters is 1. The maximum absolute atomic E-state index is 11.6. The maximum Gasteiger partial charge on any atom is 0.338 e. The molecule has 0 aliphatic rings. The highest BCUT2D eigenvalue weighted by atomic mass is 16.5. The van der Waals surface area contributed by atoms with Crippen molar-refractivity contribution in [2.75, 3.05) is 12.3 Å².